The lowest BCUT2D eigenvalue weighted by molar-refractivity contribution is 0.686. The van der Waals surface area contributed by atoms with E-state index >= 15 is 0 Å². The second kappa shape index (κ2) is 7.93. The normalized spacial score (nSPS) is 12.0. The van der Waals surface area contributed by atoms with Gasteiger partial charge in [-0.05, 0) is 23.3 Å². The molecule has 0 aliphatic rings. The van der Waals surface area contributed by atoms with Gasteiger partial charge in [0, 0.05) is 46.8 Å². The summed E-state index contributed by atoms with van der Waals surface area (Å²) in [6, 6.07) is 18.4. The Kier molecular flexibility index (Phi) is 5.43. The van der Waals surface area contributed by atoms with E-state index in [9.17, 15) is 4.21 Å². The zero-order chi connectivity index (χ0) is 16.8. The molecule has 1 unspecified atom stereocenters. The van der Waals surface area contributed by atoms with Gasteiger partial charge in [0.1, 0.15) is 0 Å². The lowest BCUT2D eigenvalue weighted by Crippen LogP contribution is -2.01. The molecule has 1 atom stereocenters. The van der Waals surface area contributed by atoms with Crippen LogP contribution in [0.2, 0.25) is 0 Å². The monoisotopic (exact) mass is 339 g/mol. The maximum atomic E-state index is 11.3. The van der Waals surface area contributed by atoms with Gasteiger partial charge in [0.05, 0.1) is 12.7 Å². The van der Waals surface area contributed by atoms with Crippen LogP contribution >= 0.6 is 0 Å². The van der Waals surface area contributed by atoms with Gasteiger partial charge in [-0.2, -0.15) is 5.10 Å². The molecule has 0 spiro atoms. The summed E-state index contributed by atoms with van der Waals surface area (Å²) >= 11 is 0. The summed E-state index contributed by atoms with van der Waals surface area (Å²) in [6.45, 7) is 1.49. The van der Waals surface area contributed by atoms with Crippen LogP contribution in [0.5, 0.6) is 0 Å². The number of hydrogen-bond donors (Lipinski definition) is 1. The molecule has 1 N–H and O–H groups in total. The van der Waals surface area contributed by atoms with Crippen LogP contribution in [0.4, 0.5) is 5.69 Å². The molecular weight excluding hydrogens is 318 g/mol. The van der Waals surface area contributed by atoms with E-state index in [2.05, 4.69) is 34.8 Å². The van der Waals surface area contributed by atoms with Crippen LogP contribution in [0, 0.1) is 0 Å². The number of nitrogens with zero attached hydrogens (tertiary/aromatic N) is 2. The fraction of sp³-hybridized carbons (Fsp3) is 0.211. The molecule has 0 fully saturated rings. The third-order valence-electron chi connectivity index (χ3n) is 3.67. The summed E-state index contributed by atoms with van der Waals surface area (Å²) in [5.41, 5.74) is 4.49. The third kappa shape index (κ3) is 4.80. The van der Waals surface area contributed by atoms with E-state index < -0.39 is 10.8 Å². The molecule has 0 aliphatic carbocycles. The molecular formula is C19H21N3OS. The number of hydrogen-bond acceptors (Lipinski definition) is 3. The summed E-state index contributed by atoms with van der Waals surface area (Å²) < 4.78 is 13.3. The van der Waals surface area contributed by atoms with Gasteiger partial charge in [0.15, 0.2) is 0 Å². The first-order chi connectivity index (χ1) is 11.7. The van der Waals surface area contributed by atoms with E-state index in [0.29, 0.717) is 12.3 Å². The average molecular weight is 339 g/mol. The molecule has 0 aliphatic heterocycles. The third-order valence-corrected chi connectivity index (χ3v) is 4.41. The Bertz CT molecular complexity index is 814. The number of nitrogens with one attached hydrogen (secondary N) is 1. The van der Waals surface area contributed by atoms with Crippen molar-refractivity contribution in [1.29, 1.82) is 0 Å². The van der Waals surface area contributed by atoms with E-state index in [0.717, 1.165) is 23.4 Å². The highest BCUT2D eigenvalue weighted by molar-refractivity contribution is 7.83. The highest BCUT2D eigenvalue weighted by Crippen LogP contribution is 2.13. The second-order valence-corrected chi connectivity index (χ2v) is 7.24. The number of benzene rings is 2. The first kappa shape index (κ1) is 16.5. The molecule has 1 heterocycles. The Morgan fingerprint density at radius 2 is 1.83 bits per heavy atom. The Morgan fingerprint density at radius 1 is 1.04 bits per heavy atom. The van der Waals surface area contributed by atoms with E-state index in [1.54, 1.807) is 6.26 Å². The van der Waals surface area contributed by atoms with Gasteiger partial charge in [-0.3, -0.25) is 8.89 Å². The van der Waals surface area contributed by atoms with Crippen LogP contribution in [0.1, 0.15) is 16.7 Å². The molecule has 5 heteroatoms. The molecule has 0 saturated heterocycles. The van der Waals surface area contributed by atoms with Gasteiger partial charge in [-0.1, -0.05) is 42.5 Å². The lowest BCUT2D eigenvalue weighted by Gasteiger charge is -2.07. The van der Waals surface area contributed by atoms with E-state index in [-0.39, 0.29) is 0 Å². The van der Waals surface area contributed by atoms with Crippen molar-refractivity contribution in [3.63, 3.8) is 0 Å². The minimum atomic E-state index is -0.822. The molecule has 4 nitrogen and oxygen atoms in total. The summed E-state index contributed by atoms with van der Waals surface area (Å²) in [7, 11) is -0.822. The van der Waals surface area contributed by atoms with E-state index in [1.165, 1.54) is 5.56 Å². The summed E-state index contributed by atoms with van der Waals surface area (Å²) in [4.78, 5) is 0. The van der Waals surface area contributed by atoms with Crippen LogP contribution in [0.3, 0.4) is 0 Å². The average Bonchev–Trinajstić information content (AvgIpc) is 3.01. The van der Waals surface area contributed by atoms with Gasteiger partial charge in [-0.25, -0.2) is 0 Å². The second-order valence-electron chi connectivity index (χ2n) is 5.80. The van der Waals surface area contributed by atoms with Gasteiger partial charge in [0.2, 0.25) is 0 Å². The Balaban J connectivity index is 1.58. The van der Waals surface area contributed by atoms with Crippen molar-refractivity contribution in [1.82, 2.24) is 9.78 Å². The maximum Gasteiger partial charge on any atom is 0.0659 e. The lowest BCUT2D eigenvalue weighted by atomic mass is 10.2. The van der Waals surface area contributed by atoms with E-state index in [1.807, 2.05) is 47.3 Å². The zero-order valence-corrected chi connectivity index (χ0v) is 14.5. The van der Waals surface area contributed by atoms with Gasteiger partial charge in [0.25, 0.3) is 0 Å². The standard InChI is InChI=1S/C19H21N3OS/c1-24(23)15-17-8-5-9-19(10-17)20-11-18-12-21-22(14-18)13-16-6-3-2-4-7-16/h2-10,12,14,20H,11,13,15H2,1H3. The number of aromatic nitrogens is 2. The van der Waals surface area contributed by atoms with Gasteiger partial charge < -0.3 is 5.32 Å². The smallest absolute Gasteiger partial charge is 0.0659 e. The van der Waals surface area contributed by atoms with Crippen LogP contribution in [0.25, 0.3) is 0 Å². The predicted molar refractivity (Wildman–Crippen MR) is 99.3 cm³/mol. The van der Waals surface area contributed by atoms with Crippen molar-refractivity contribution >= 4 is 16.5 Å². The number of anilines is 1. The fourth-order valence-corrected chi connectivity index (χ4v) is 3.21. The summed E-state index contributed by atoms with van der Waals surface area (Å²) in [5.74, 6) is 0.588. The Morgan fingerprint density at radius 3 is 2.62 bits per heavy atom. The molecule has 24 heavy (non-hydrogen) atoms. The first-order valence-corrected chi connectivity index (χ1v) is 9.60. The predicted octanol–water partition coefficient (Wildman–Crippen LogP) is 3.42. The minimum Gasteiger partial charge on any atom is -0.381 e. The molecule has 0 amide bonds. The first-order valence-electron chi connectivity index (χ1n) is 7.87. The van der Waals surface area contributed by atoms with Crippen molar-refractivity contribution < 1.29 is 4.21 Å². The van der Waals surface area contributed by atoms with Crippen molar-refractivity contribution in [2.24, 2.45) is 0 Å². The van der Waals surface area contributed by atoms with Crippen LogP contribution in [-0.2, 0) is 29.6 Å². The van der Waals surface area contributed by atoms with Crippen molar-refractivity contribution in [3.8, 4) is 0 Å². The summed E-state index contributed by atoms with van der Waals surface area (Å²) in [5, 5.41) is 7.82. The zero-order valence-electron chi connectivity index (χ0n) is 13.7. The minimum absolute atomic E-state index is 0.588. The van der Waals surface area contributed by atoms with Gasteiger partial charge >= 0.3 is 0 Å². The summed E-state index contributed by atoms with van der Waals surface area (Å²) in [6.07, 6.45) is 5.67. The highest BCUT2D eigenvalue weighted by atomic mass is 32.2. The molecule has 124 valence electrons. The molecule has 2 aromatic carbocycles. The molecule has 1 aromatic heterocycles. The molecule has 0 radical (unpaired) electrons. The quantitative estimate of drug-likeness (QED) is 0.717. The molecule has 3 aromatic rings. The van der Waals surface area contributed by atoms with Gasteiger partial charge in [-0.15, -0.1) is 0 Å². The molecule has 0 bridgehead atoms. The van der Waals surface area contributed by atoms with E-state index in [4.69, 9.17) is 0 Å². The molecule has 0 saturated carbocycles. The highest BCUT2D eigenvalue weighted by Gasteiger charge is 2.02. The fourth-order valence-electron chi connectivity index (χ4n) is 2.56. The van der Waals surface area contributed by atoms with Crippen LogP contribution in [0.15, 0.2) is 67.0 Å². The van der Waals surface area contributed by atoms with Crippen molar-refractivity contribution in [2.75, 3.05) is 11.6 Å². The van der Waals surface area contributed by atoms with Crippen molar-refractivity contribution in [3.05, 3.63) is 83.7 Å². The topological polar surface area (TPSA) is 46.9 Å². The largest absolute Gasteiger partial charge is 0.381 e. The SMILES string of the molecule is CS(=O)Cc1cccc(NCc2cnn(Cc3ccccc3)c2)c1. The van der Waals surface area contributed by atoms with Crippen LogP contribution in [-0.4, -0.2) is 20.2 Å². The molecule has 3 rings (SSSR count). The maximum absolute atomic E-state index is 11.3. The number of rotatable bonds is 7. The van der Waals surface area contributed by atoms with Crippen LogP contribution < -0.4 is 5.32 Å². The Labute approximate surface area is 145 Å². The Hall–Kier alpha value is -2.40. The van der Waals surface area contributed by atoms with Crippen molar-refractivity contribution in [2.45, 2.75) is 18.8 Å².